The molecule has 2 aromatic rings. The van der Waals surface area contributed by atoms with Crippen LogP contribution in [0.5, 0.6) is 0 Å². The predicted molar refractivity (Wildman–Crippen MR) is 84.7 cm³/mol. The Morgan fingerprint density at radius 1 is 1.33 bits per heavy atom. The first-order valence-corrected chi connectivity index (χ1v) is 7.62. The van der Waals surface area contributed by atoms with E-state index in [0.29, 0.717) is 17.7 Å². The third-order valence-electron chi connectivity index (χ3n) is 3.72. The van der Waals surface area contributed by atoms with Crippen molar-refractivity contribution in [2.45, 2.75) is 32.7 Å². The molecule has 6 nitrogen and oxygen atoms in total. The molecule has 1 heterocycles. The second-order valence-electron chi connectivity index (χ2n) is 5.50. The van der Waals surface area contributed by atoms with Gasteiger partial charge in [-0.25, -0.2) is 9.37 Å². The number of aromatic nitrogens is 1. The molecule has 0 spiro atoms. The first-order valence-electron chi connectivity index (χ1n) is 7.62. The van der Waals surface area contributed by atoms with Crippen LogP contribution < -0.4 is 0 Å². The normalized spacial score (nSPS) is 12.0. The summed E-state index contributed by atoms with van der Waals surface area (Å²) in [6.07, 6.45) is 1.95. The van der Waals surface area contributed by atoms with Crippen LogP contribution in [0.3, 0.4) is 0 Å². The molecule has 0 saturated carbocycles. The summed E-state index contributed by atoms with van der Waals surface area (Å²) < 4.78 is 18.3. The van der Waals surface area contributed by atoms with E-state index >= 15 is 0 Å². The van der Waals surface area contributed by atoms with E-state index in [1.807, 2.05) is 6.92 Å². The van der Waals surface area contributed by atoms with Crippen molar-refractivity contribution in [2.24, 2.45) is 0 Å². The Kier molecular flexibility index (Phi) is 5.68. The molecule has 0 saturated heterocycles. The molecule has 7 heteroatoms. The molecule has 1 unspecified atom stereocenters. The van der Waals surface area contributed by atoms with Gasteiger partial charge < -0.3 is 14.4 Å². The molecule has 24 heavy (non-hydrogen) atoms. The SMILES string of the molecule is CCC(C)N(CC(=O)O)C(=O)Cc1coc(-c2ccc(F)cc2)n1. The van der Waals surface area contributed by atoms with Gasteiger partial charge in [-0.15, -0.1) is 0 Å². The summed E-state index contributed by atoms with van der Waals surface area (Å²) in [5.74, 6) is -1.47. The second kappa shape index (κ2) is 7.72. The van der Waals surface area contributed by atoms with Crippen molar-refractivity contribution in [2.75, 3.05) is 6.54 Å². The number of aliphatic carboxylic acids is 1. The van der Waals surface area contributed by atoms with E-state index in [0.717, 1.165) is 0 Å². The minimum absolute atomic E-state index is 0.0533. The fourth-order valence-corrected chi connectivity index (χ4v) is 2.23. The fourth-order valence-electron chi connectivity index (χ4n) is 2.23. The average Bonchev–Trinajstić information content (AvgIpc) is 3.00. The molecular formula is C17H19FN2O4. The molecule has 0 radical (unpaired) electrons. The minimum atomic E-state index is -1.06. The van der Waals surface area contributed by atoms with Gasteiger partial charge in [0.15, 0.2) is 0 Å². The van der Waals surface area contributed by atoms with Crippen LogP contribution in [0.4, 0.5) is 4.39 Å². The van der Waals surface area contributed by atoms with Crippen LogP contribution in [0.2, 0.25) is 0 Å². The van der Waals surface area contributed by atoms with Gasteiger partial charge in [0.25, 0.3) is 0 Å². The summed E-state index contributed by atoms with van der Waals surface area (Å²) in [6, 6.07) is 5.46. The van der Waals surface area contributed by atoms with Crippen molar-refractivity contribution in [1.29, 1.82) is 0 Å². The lowest BCUT2D eigenvalue weighted by Gasteiger charge is -2.26. The van der Waals surface area contributed by atoms with E-state index in [1.54, 1.807) is 6.92 Å². The zero-order chi connectivity index (χ0) is 17.7. The highest BCUT2D eigenvalue weighted by Crippen LogP contribution is 2.19. The van der Waals surface area contributed by atoms with Gasteiger partial charge in [-0.1, -0.05) is 6.92 Å². The van der Waals surface area contributed by atoms with E-state index < -0.39 is 5.97 Å². The number of carbonyl (C=O) groups excluding carboxylic acids is 1. The molecule has 0 aliphatic rings. The number of amides is 1. The van der Waals surface area contributed by atoms with Crippen molar-refractivity contribution in [3.05, 3.63) is 42.0 Å². The minimum Gasteiger partial charge on any atom is -0.480 e. The average molecular weight is 334 g/mol. The number of oxazole rings is 1. The lowest BCUT2D eigenvalue weighted by molar-refractivity contribution is -0.145. The molecule has 0 fully saturated rings. The third kappa shape index (κ3) is 4.41. The third-order valence-corrected chi connectivity index (χ3v) is 3.72. The van der Waals surface area contributed by atoms with Gasteiger partial charge in [0.05, 0.1) is 12.1 Å². The Morgan fingerprint density at radius 3 is 2.58 bits per heavy atom. The highest BCUT2D eigenvalue weighted by molar-refractivity contribution is 5.83. The van der Waals surface area contributed by atoms with Gasteiger partial charge in [0.2, 0.25) is 11.8 Å². The Hall–Kier alpha value is -2.70. The Balaban J connectivity index is 2.11. The van der Waals surface area contributed by atoms with E-state index in [1.165, 1.54) is 35.4 Å². The summed E-state index contributed by atoms with van der Waals surface area (Å²) in [4.78, 5) is 28.8. The molecule has 1 aromatic heterocycles. The van der Waals surface area contributed by atoms with Gasteiger partial charge in [-0.3, -0.25) is 9.59 Å². The Morgan fingerprint density at radius 2 is 2.00 bits per heavy atom. The van der Waals surface area contributed by atoms with Gasteiger partial charge in [0.1, 0.15) is 18.6 Å². The Bertz CT molecular complexity index is 712. The number of rotatable bonds is 7. The summed E-state index contributed by atoms with van der Waals surface area (Å²) in [7, 11) is 0. The van der Waals surface area contributed by atoms with Crippen LogP contribution in [0.15, 0.2) is 34.9 Å². The summed E-state index contributed by atoms with van der Waals surface area (Å²) in [6.45, 7) is 3.33. The predicted octanol–water partition coefficient (Wildman–Crippen LogP) is 2.73. The van der Waals surface area contributed by atoms with Crippen LogP contribution in [0.1, 0.15) is 26.0 Å². The van der Waals surface area contributed by atoms with Crippen molar-refractivity contribution in [3.63, 3.8) is 0 Å². The van der Waals surface area contributed by atoms with Crippen molar-refractivity contribution >= 4 is 11.9 Å². The van der Waals surface area contributed by atoms with Gasteiger partial charge >= 0.3 is 5.97 Å². The maximum Gasteiger partial charge on any atom is 0.323 e. The second-order valence-corrected chi connectivity index (χ2v) is 5.50. The van der Waals surface area contributed by atoms with Gasteiger partial charge in [0, 0.05) is 11.6 Å². The van der Waals surface area contributed by atoms with Crippen LogP contribution in [-0.4, -0.2) is 39.5 Å². The lowest BCUT2D eigenvalue weighted by atomic mass is 10.2. The fraction of sp³-hybridized carbons (Fsp3) is 0.353. The first kappa shape index (κ1) is 17.7. The van der Waals surface area contributed by atoms with Crippen LogP contribution in [0, 0.1) is 5.82 Å². The molecule has 128 valence electrons. The molecule has 0 bridgehead atoms. The van der Waals surface area contributed by atoms with Gasteiger partial charge in [-0.2, -0.15) is 0 Å². The zero-order valence-corrected chi connectivity index (χ0v) is 13.5. The quantitative estimate of drug-likeness (QED) is 0.842. The van der Waals surface area contributed by atoms with E-state index in [2.05, 4.69) is 4.98 Å². The molecule has 2 rings (SSSR count). The number of carboxylic acids is 1. The maximum absolute atomic E-state index is 12.9. The standard InChI is InChI=1S/C17H19FN2O4/c1-3-11(2)20(9-16(22)23)15(21)8-14-10-24-17(19-14)12-4-6-13(18)7-5-12/h4-7,10-11H,3,8-9H2,1-2H3,(H,22,23). The molecule has 0 aliphatic carbocycles. The first-order chi connectivity index (χ1) is 11.4. The molecule has 1 amide bonds. The largest absolute Gasteiger partial charge is 0.480 e. The number of nitrogens with zero attached hydrogens (tertiary/aromatic N) is 2. The van der Waals surface area contributed by atoms with Crippen LogP contribution in [0.25, 0.3) is 11.5 Å². The molecule has 0 aliphatic heterocycles. The highest BCUT2D eigenvalue weighted by Gasteiger charge is 2.23. The summed E-state index contributed by atoms with van der Waals surface area (Å²) in [5, 5.41) is 8.96. The summed E-state index contributed by atoms with van der Waals surface area (Å²) in [5.41, 5.74) is 0.998. The lowest BCUT2D eigenvalue weighted by Crippen LogP contribution is -2.42. The highest BCUT2D eigenvalue weighted by atomic mass is 19.1. The number of hydrogen-bond acceptors (Lipinski definition) is 4. The number of carboxylic acid groups (broad SMARTS) is 1. The molecule has 1 atom stereocenters. The van der Waals surface area contributed by atoms with Crippen molar-refractivity contribution < 1.29 is 23.5 Å². The number of hydrogen-bond donors (Lipinski definition) is 1. The van der Waals surface area contributed by atoms with Crippen LogP contribution >= 0.6 is 0 Å². The topological polar surface area (TPSA) is 83.6 Å². The molecular weight excluding hydrogens is 315 g/mol. The number of benzene rings is 1. The number of carbonyl (C=O) groups is 2. The van der Waals surface area contributed by atoms with Crippen molar-refractivity contribution in [1.82, 2.24) is 9.88 Å². The van der Waals surface area contributed by atoms with Gasteiger partial charge in [-0.05, 0) is 37.6 Å². The smallest absolute Gasteiger partial charge is 0.323 e. The van der Waals surface area contributed by atoms with Crippen LogP contribution in [-0.2, 0) is 16.0 Å². The zero-order valence-electron chi connectivity index (χ0n) is 13.5. The van der Waals surface area contributed by atoms with Crippen molar-refractivity contribution in [3.8, 4) is 11.5 Å². The maximum atomic E-state index is 12.9. The molecule has 1 N–H and O–H groups in total. The monoisotopic (exact) mass is 334 g/mol. The Labute approximate surface area is 138 Å². The number of halogens is 1. The van der Waals surface area contributed by atoms with E-state index in [9.17, 15) is 14.0 Å². The summed E-state index contributed by atoms with van der Waals surface area (Å²) >= 11 is 0. The van der Waals surface area contributed by atoms with E-state index in [-0.39, 0.29) is 36.6 Å². The molecule has 1 aromatic carbocycles. The van der Waals surface area contributed by atoms with E-state index in [4.69, 9.17) is 9.52 Å².